The van der Waals surface area contributed by atoms with Crippen LogP contribution in [0, 0.1) is 6.92 Å². The first kappa shape index (κ1) is 17.9. The molecule has 1 heterocycles. The number of carbonyl (C=O) groups excluding carboxylic acids is 1. The van der Waals surface area contributed by atoms with Gasteiger partial charge in [-0.3, -0.25) is 4.79 Å². The van der Waals surface area contributed by atoms with Gasteiger partial charge in [0.2, 0.25) is 0 Å². The quantitative estimate of drug-likeness (QED) is 0.680. The number of carbonyl (C=O) groups is 1. The number of benzene rings is 2. The second-order valence-electron chi connectivity index (χ2n) is 5.92. The zero-order chi connectivity index (χ0) is 18.4. The Hall–Kier alpha value is -2.92. The average Bonchev–Trinajstić information content (AvgIpc) is 2.64. The van der Waals surface area contributed by atoms with E-state index in [1.54, 1.807) is 6.07 Å². The Labute approximate surface area is 157 Å². The molecule has 0 spiro atoms. The first-order valence-electron chi connectivity index (χ1n) is 8.28. The smallest absolute Gasteiger partial charge is 0.274 e. The lowest BCUT2D eigenvalue weighted by molar-refractivity contribution is 0.102. The number of amides is 1. The largest absolute Gasteiger partial charge is 0.370 e. The number of aryl methyl sites for hydroxylation is 1. The molecule has 3 rings (SSSR count). The number of nitrogens with zero attached hydrogens (tertiary/aromatic N) is 2. The maximum absolute atomic E-state index is 12.4. The molecule has 0 saturated heterocycles. The molecule has 26 heavy (non-hydrogen) atoms. The van der Waals surface area contributed by atoms with Gasteiger partial charge in [-0.25, -0.2) is 9.97 Å². The van der Waals surface area contributed by atoms with Gasteiger partial charge in [0.15, 0.2) is 0 Å². The molecule has 132 valence electrons. The minimum Gasteiger partial charge on any atom is -0.370 e. The second-order valence-corrected chi connectivity index (χ2v) is 6.35. The molecule has 0 fully saturated rings. The van der Waals surface area contributed by atoms with Crippen molar-refractivity contribution >= 4 is 29.0 Å². The number of rotatable bonds is 6. The predicted octanol–water partition coefficient (Wildman–Crippen LogP) is 4.35. The Morgan fingerprint density at radius 3 is 2.65 bits per heavy atom. The molecule has 2 aromatic carbocycles. The molecule has 0 bridgehead atoms. The van der Waals surface area contributed by atoms with Crippen molar-refractivity contribution in [2.45, 2.75) is 13.3 Å². The van der Waals surface area contributed by atoms with Crippen molar-refractivity contribution in [2.24, 2.45) is 0 Å². The molecular formula is C20H19ClN4O. The molecule has 3 aromatic rings. The molecular weight excluding hydrogens is 348 g/mol. The van der Waals surface area contributed by atoms with Gasteiger partial charge in [0.1, 0.15) is 17.8 Å². The summed E-state index contributed by atoms with van der Waals surface area (Å²) in [6.45, 7) is 2.67. The third kappa shape index (κ3) is 5.04. The number of aromatic nitrogens is 2. The zero-order valence-electron chi connectivity index (χ0n) is 14.4. The minimum atomic E-state index is -0.265. The normalized spacial score (nSPS) is 10.4. The third-order valence-electron chi connectivity index (χ3n) is 3.81. The lowest BCUT2D eigenvalue weighted by Crippen LogP contribution is -2.15. The van der Waals surface area contributed by atoms with Gasteiger partial charge in [-0.2, -0.15) is 0 Å². The fraction of sp³-hybridized carbons (Fsp3) is 0.150. The van der Waals surface area contributed by atoms with Crippen molar-refractivity contribution in [3.8, 4) is 0 Å². The van der Waals surface area contributed by atoms with E-state index in [1.807, 2.05) is 55.5 Å². The van der Waals surface area contributed by atoms with Gasteiger partial charge < -0.3 is 10.6 Å². The number of nitrogens with one attached hydrogen (secondary N) is 2. The van der Waals surface area contributed by atoms with E-state index in [1.165, 1.54) is 11.9 Å². The number of halogens is 1. The summed E-state index contributed by atoms with van der Waals surface area (Å²) in [6, 6.07) is 17.0. The van der Waals surface area contributed by atoms with Crippen LogP contribution in [0.5, 0.6) is 0 Å². The van der Waals surface area contributed by atoms with Crippen molar-refractivity contribution in [1.82, 2.24) is 9.97 Å². The minimum absolute atomic E-state index is 0.265. The van der Waals surface area contributed by atoms with Crippen LogP contribution in [0.4, 0.5) is 11.5 Å². The van der Waals surface area contributed by atoms with E-state index in [4.69, 9.17) is 11.6 Å². The van der Waals surface area contributed by atoms with Crippen LogP contribution in [-0.4, -0.2) is 22.4 Å². The van der Waals surface area contributed by atoms with E-state index >= 15 is 0 Å². The van der Waals surface area contributed by atoms with Crippen LogP contribution in [0.2, 0.25) is 5.02 Å². The molecule has 0 aliphatic rings. The van der Waals surface area contributed by atoms with Crippen molar-refractivity contribution in [3.05, 3.63) is 82.8 Å². The van der Waals surface area contributed by atoms with E-state index in [0.29, 0.717) is 18.1 Å². The van der Waals surface area contributed by atoms with Crippen molar-refractivity contribution < 1.29 is 4.79 Å². The Balaban J connectivity index is 1.58. The number of hydrogen-bond donors (Lipinski definition) is 2. The lowest BCUT2D eigenvalue weighted by atomic mass is 10.1. The highest BCUT2D eigenvalue weighted by Gasteiger charge is 2.09. The summed E-state index contributed by atoms with van der Waals surface area (Å²) in [5.41, 5.74) is 3.31. The average molecular weight is 367 g/mol. The maximum Gasteiger partial charge on any atom is 0.274 e. The fourth-order valence-corrected chi connectivity index (χ4v) is 2.61. The predicted molar refractivity (Wildman–Crippen MR) is 105 cm³/mol. The number of hydrogen-bond acceptors (Lipinski definition) is 4. The van der Waals surface area contributed by atoms with Crippen LogP contribution < -0.4 is 10.6 Å². The lowest BCUT2D eigenvalue weighted by Gasteiger charge is -2.08. The highest BCUT2D eigenvalue weighted by atomic mass is 35.5. The Morgan fingerprint density at radius 1 is 1.08 bits per heavy atom. The van der Waals surface area contributed by atoms with Gasteiger partial charge in [0.25, 0.3) is 5.91 Å². The van der Waals surface area contributed by atoms with E-state index in [0.717, 1.165) is 22.7 Å². The molecule has 0 aliphatic heterocycles. The molecule has 0 aliphatic carbocycles. The van der Waals surface area contributed by atoms with Gasteiger partial charge in [-0.15, -0.1) is 0 Å². The SMILES string of the molecule is Cc1cccc(NC(=O)c2cc(NCCc3ccc(Cl)cc3)ncn2)c1. The second kappa shape index (κ2) is 8.45. The standard InChI is InChI=1S/C20H19ClN4O/c1-14-3-2-4-17(11-14)25-20(26)18-12-19(24-13-23-18)22-10-9-15-5-7-16(21)8-6-15/h2-8,11-13H,9-10H2,1H3,(H,25,26)(H,22,23,24). The van der Waals surface area contributed by atoms with Gasteiger partial charge in [0.05, 0.1) is 0 Å². The molecule has 0 radical (unpaired) electrons. The summed E-state index contributed by atoms with van der Waals surface area (Å²) in [7, 11) is 0. The zero-order valence-corrected chi connectivity index (χ0v) is 15.1. The van der Waals surface area contributed by atoms with Crippen LogP contribution in [0.3, 0.4) is 0 Å². The van der Waals surface area contributed by atoms with Crippen LogP contribution >= 0.6 is 11.6 Å². The first-order chi connectivity index (χ1) is 12.6. The Kier molecular flexibility index (Phi) is 5.81. The highest BCUT2D eigenvalue weighted by molar-refractivity contribution is 6.30. The van der Waals surface area contributed by atoms with E-state index in [9.17, 15) is 4.79 Å². The fourth-order valence-electron chi connectivity index (χ4n) is 2.48. The van der Waals surface area contributed by atoms with Crippen LogP contribution in [0.1, 0.15) is 21.6 Å². The monoisotopic (exact) mass is 366 g/mol. The topological polar surface area (TPSA) is 66.9 Å². The molecule has 1 amide bonds. The summed E-state index contributed by atoms with van der Waals surface area (Å²) < 4.78 is 0. The number of anilines is 2. The van der Waals surface area contributed by atoms with Crippen molar-refractivity contribution in [3.63, 3.8) is 0 Å². The molecule has 0 saturated carbocycles. The van der Waals surface area contributed by atoms with Crippen LogP contribution in [0.15, 0.2) is 60.9 Å². The van der Waals surface area contributed by atoms with Gasteiger partial charge in [-0.1, -0.05) is 35.9 Å². The summed E-state index contributed by atoms with van der Waals surface area (Å²) in [6.07, 6.45) is 2.21. The van der Waals surface area contributed by atoms with Gasteiger partial charge >= 0.3 is 0 Å². The maximum atomic E-state index is 12.4. The third-order valence-corrected chi connectivity index (χ3v) is 4.06. The summed E-state index contributed by atoms with van der Waals surface area (Å²) in [4.78, 5) is 20.6. The summed E-state index contributed by atoms with van der Waals surface area (Å²) in [5, 5.41) is 6.78. The van der Waals surface area contributed by atoms with Crippen molar-refractivity contribution in [2.75, 3.05) is 17.2 Å². The highest BCUT2D eigenvalue weighted by Crippen LogP contribution is 2.13. The van der Waals surface area contributed by atoms with Gasteiger partial charge in [-0.05, 0) is 48.7 Å². The molecule has 6 heteroatoms. The molecule has 1 aromatic heterocycles. The molecule has 5 nitrogen and oxygen atoms in total. The van der Waals surface area contributed by atoms with Gasteiger partial charge in [0, 0.05) is 23.3 Å². The first-order valence-corrected chi connectivity index (χ1v) is 8.66. The van der Waals surface area contributed by atoms with Crippen LogP contribution in [-0.2, 0) is 6.42 Å². The van der Waals surface area contributed by atoms with E-state index in [-0.39, 0.29) is 5.91 Å². The van der Waals surface area contributed by atoms with E-state index < -0.39 is 0 Å². The van der Waals surface area contributed by atoms with Crippen molar-refractivity contribution in [1.29, 1.82) is 0 Å². The molecule has 2 N–H and O–H groups in total. The Bertz CT molecular complexity index is 896. The molecule has 0 unspecified atom stereocenters. The van der Waals surface area contributed by atoms with Crippen LogP contribution in [0.25, 0.3) is 0 Å². The summed E-state index contributed by atoms with van der Waals surface area (Å²) in [5.74, 6) is 0.349. The Morgan fingerprint density at radius 2 is 1.88 bits per heavy atom. The van der Waals surface area contributed by atoms with E-state index in [2.05, 4.69) is 20.6 Å². The summed E-state index contributed by atoms with van der Waals surface area (Å²) >= 11 is 5.88. The molecule has 0 atom stereocenters.